The second-order valence-corrected chi connectivity index (χ2v) is 4.02. The van der Waals surface area contributed by atoms with E-state index in [0.717, 1.165) is 0 Å². The predicted octanol–water partition coefficient (Wildman–Crippen LogP) is 1.18. The normalized spacial score (nSPS) is 10.3. The maximum Gasteiger partial charge on any atom is 0.258 e. The second-order valence-electron chi connectivity index (χ2n) is 2.31. The van der Waals surface area contributed by atoms with Crippen LogP contribution in [0.15, 0.2) is 42.1 Å². The molecule has 0 radical (unpaired) electrons. The second kappa shape index (κ2) is 5.51. The fourth-order valence-electron chi connectivity index (χ4n) is 0.749. The molecule has 0 aliphatic heterocycles. The van der Waals surface area contributed by atoms with Gasteiger partial charge in [-0.05, 0) is 12.1 Å². The quantitative estimate of drug-likeness (QED) is 0.766. The number of rotatable bonds is 4. The van der Waals surface area contributed by atoms with Crippen LogP contribution in [-0.4, -0.2) is 19.9 Å². The van der Waals surface area contributed by atoms with Gasteiger partial charge in [-0.15, -0.1) is 6.58 Å². The Kier molecular flexibility index (Phi) is 5.04. The van der Waals surface area contributed by atoms with E-state index in [1.807, 2.05) is 0 Å². The first kappa shape index (κ1) is 12.8. The molecule has 78 valence electrons. The van der Waals surface area contributed by atoms with Gasteiger partial charge >= 0.3 is 0 Å². The molecule has 0 fully saturated rings. The maximum atomic E-state index is 11.4. The van der Waals surface area contributed by atoms with Gasteiger partial charge in [0.1, 0.15) is 0 Å². The summed E-state index contributed by atoms with van der Waals surface area (Å²) in [6, 6.07) is 4.72. The largest absolute Gasteiger partial charge is 0.258 e. The number of pyridine rings is 1. The summed E-state index contributed by atoms with van der Waals surface area (Å²) in [5.41, 5.74) is 0. The van der Waals surface area contributed by atoms with E-state index in [-0.39, 0.29) is 19.0 Å². The molecule has 0 saturated heterocycles. The van der Waals surface area contributed by atoms with Gasteiger partial charge in [0.15, 0.2) is 5.03 Å². The highest BCUT2D eigenvalue weighted by Crippen LogP contribution is 2.01. The zero-order chi connectivity index (χ0) is 9.73. The minimum Gasteiger partial charge on any atom is -0.243 e. The van der Waals surface area contributed by atoms with Crippen LogP contribution in [-0.2, 0) is 10.0 Å². The molecular formula is C9H14N2O2S. The highest BCUT2D eigenvalue weighted by molar-refractivity contribution is 7.89. The van der Waals surface area contributed by atoms with E-state index in [4.69, 9.17) is 0 Å². The van der Waals surface area contributed by atoms with Crippen LogP contribution in [0.2, 0.25) is 0 Å². The lowest BCUT2D eigenvalue weighted by Gasteiger charge is -2.01. The Morgan fingerprint density at radius 3 is 2.71 bits per heavy atom. The van der Waals surface area contributed by atoms with Gasteiger partial charge < -0.3 is 0 Å². The van der Waals surface area contributed by atoms with Gasteiger partial charge in [-0.2, -0.15) is 0 Å². The maximum absolute atomic E-state index is 11.4. The summed E-state index contributed by atoms with van der Waals surface area (Å²) in [6.07, 6.45) is 2.91. The predicted molar refractivity (Wildman–Crippen MR) is 56.4 cm³/mol. The molecule has 14 heavy (non-hydrogen) atoms. The first-order valence-electron chi connectivity index (χ1n) is 3.68. The Balaban J connectivity index is 0.00000169. The topological polar surface area (TPSA) is 59.1 Å². The lowest BCUT2D eigenvalue weighted by molar-refractivity contribution is 0.582. The minimum atomic E-state index is -3.45. The molecule has 0 amide bonds. The van der Waals surface area contributed by atoms with E-state index in [1.165, 1.54) is 18.3 Å². The van der Waals surface area contributed by atoms with E-state index in [9.17, 15) is 8.42 Å². The third-order valence-electron chi connectivity index (χ3n) is 1.33. The van der Waals surface area contributed by atoms with Crippen molar-refractivity contribution in [3.05, 3.63) is 37.1 Å². The molecule has 0 spiro atoms. The fourth-order valence-corrected chi connectivity index (χ4v) is 1.69. The van der Waals surface area contributed by atoms with Gasteiger partial charge in [-0.25, -0.2) is 18.1 Å². The molecule has 0 aliphatic rings. The molecule has 1 aromatic heterocycles. The van der Waals surface area contributed by atoms with Gasteiger partial charge in [-0.1, -0.05) is 19.6 Å². The summed E-state index contributed by atoms with van der Waals surface area (Å²) >= 11 is 0. The molecule has 0 unspecified atom stereocenters. The number of hydrogen-bond acceptors (Lipinski definition) is 3. The Hall–Kier alpha value is -1.20. The molecule has 0 bridgehead atoms. The van der Waals surface area contributed by atoms with Gasteiger partial charge in [0.2, 0.25) is 0 Å². The summed E-state index contributed by atoms with van der Waals surface area (Å²) in [6.45, 7) is 3.62. The Bertz CT molecular complexity index is 373. The van der Waals surface area contributed by atoms with E-state index in [1.54, 1.807) is 12.1 Å². The summed E-state index contributed by atoms with van der Waals surface area (Å²) in [5.74, 6) is 0. The van der Waals surface area contributed by atoms with Crippen molar-refractivity contribution in [2.24, 2.45) is 0 Å². The van der Waals surface area contributed by atoms with Gasteiger partial charge in [-0.3, -0.25) is 0 Å². The molecule has 1 heterocycles. The standard InChI is InChI=1S/C8H10N2O2S.CH4/c1-2-6-10-13(11,12)8-5-3-4-7-9-8;/h2-5,7,10H,1,6H2;1H4. The number of nitrogens with one attached hydrogen (secondary N) is 1. The molecule has 1 rings (SSSR count). The number of hydrogen-bond donors (Lipinski definition) is 1. The molecule has 0 saturated carbocycles. The number of nitrogens with zero attached hydrogens (tertiary/aromatic N) is 1. The van der Waals surface area contributed by atoms with E-state index in [0.29, 0.717) is 0 Å². The summed E-state index contributed by atoms with van der Waals surface area (Å²) in [4.78, 5) is 3.72. The highest BCUT2D eigenvalue weighted by Gasteiger charge is 2.12. The Morgan fingerprint density at radius 2 is 2.21 bits per heavy atom. The van der Waals surface area contributed by atoms with E-state index in [2.05, 4.69) is 16.3 Å². The minimum absolute atomic E-state index is 0. The van der Waals surface area contributed by atoms with Crippen LogP contribution in [0.1, 0.15) is 7.43 Å². The zero-order valence-corrected chi connectivity index (χ0v) is 7.79. The van der Waals surface area contributed by atoms with Crippen molar-refractivity contribution in [1.82, 2.24) is 9.71 Å². The van der Waals surface area contributed by atoms with Crippen molar-refractivity contribution in [1.29, 1.82) is 0 Å². The summed E-state index contributed by atoms with van der Waals surface area (Å²) in [5, 5.41) is 0.0249. The van der Waals surface area contributed by atoms with Crippen LogP contribution < -0.4 is 4.72 Å². The summed E-state index contributed by atoms with van der Waals surface area (Å²) < 4.78 is 25.1. The van der Waals surface area contributed by atoms with Gasteiger partial charge in [0.05, 0.1) is 0 Å². The first-order valence-corrected chi connectivity index (χ1v) is 5.17. The van der Waals surface area contributed by atoms with E-state index >= 15 is 0 Å². The number of sulfonamides is 1. The van der Waals surface area contributed by atoms with Crippen LogP contribution in [0, 0.1) is 0 Å². The lowest BCUT2D eigenvalue weighted by Crippen LogP contribution is -2.24. The first-order chi connectivity index (χ1) is 6.17. The Labute approximate surface area is 84.7 Å². The molecule has 4 nitrogen and oxygen atoms in total. The molecule has 0 aliphatic carbocycles. The van der Waals surface area contributed by atoms with Crippen molar-refractivity contribution in [3.8, 4) is 0 Å². The van der Waals surface area contributed by atoms with E-state index < -0.39 is 10.0 Å². The summed E-state index contributed by atoms with van der Waals surface area (Å²) in [7, 11) is -3.45. The molecule has 1 N–H and O–H groups in total. The average molecular weight is 214 g/mol. The van der Waals surface area contributed by atoms with Gasteiger partial charge in [0.25, 0.3) is 10.0 Å². The van der Waals surface area contributed by atoms with Gasteiger partial charge in [0, 0.05) is 12.7 Å². The van der Waals surface area contributed by atoms with Crippen molar-refractivity contribution in [2.45, 2.75) is 12.5 Å². The average Bonchev–Trinajstić information content (AvgIpc) is 2.16. The third kappa shape index (κ3) is 3.27. The molecule has 1 aromatic rings. The Morgan fingerprint density at radius 1 is 1.50 bits per heavy atom. The lowest BCUT2D eigenvalue weighted by atomic mass is 10.5. The monoisotopic (exact) mass is 214 g/mol. The number of aromatic nitrogens is 1. The van der Waals surface area contributed by atoms with Crippen molar-refractivity contribution >= 4 is 10.0 Å². The van der Waals surface area contributed by atoms with Crippen LogP contribution in [0.3, 0.4) is 0 Å². The van der Waals surface area contributed by atoms with Crippen LogP contribution in [0.25, 0.3) is 0 Å². The molecule has 5 heteroatoms. The highest BCUT2D eigenvalue weighted by atomic mass is 32.2. The van der Waals surface area contributed by atoms with Crippen LogP contribution in [0.5, 0.6) is 0 Å². The third-order valence-corrected chi connectivity index (χ3v) is 2.67. The fraction of sp³-hybridized carbons (Fsp3) is 0.222. The SMILES string of the molecule is C.C=CCNS(=O)(=O)c1ccccn1. The van der Waals surface area contributed by atoms with Crippen molar-refractivity contribution < 1.29 is 8.42 Å². The smallest absolute Gasteiger partial charge is 0.243 e. The van der Waals surface area contributed by atoms with Crippen molar-refractivity contribution in [2.75, 3.05) is 6.54 Å². The molecule has 0 atom stereocenters. The van der Waals surface area contributed by atoms with Crippen LogP contribution in [0.4, 0.5) is 0 Å². The zero-order valence-electron chi connectivity index (χ0n) is 6.97. The molecular weight excluding hydrogens is 200 g/mol. The van der Waals surface area contributed by atoms with Crippen molar-refractivity contribution in [3.63, 3.8) is 0 Å². The van der Waals surface area contributed by atoms with Crippen LogP contribution >= 0.6 is 0 Å². The molecule has 0 aromatic carbocycles.